The lowest BCUT2D eigenvalue weighted by Crippen LogP contribution is -2.59. The van der Waals surface area contributed by atoms with Crippen LogP contribution in [0.3, 0.4) is 0 Å². The maximum Gasteiger partial charge on any atom is 0.0741 e. The molecule has 0 spiro atoms. The number of fused-ring (bicyclic) bond motifs is 2. The summed E-state index contributed by atoms with van der Waals surface area (Å²) in [7, 11) is 0. The zero-order chi connectivity index (χ0) is 10.7. The molecule has 1 saturated carbocycles. The summed E-state index contributed by atoms with van der Waals surface area (Å²) < 4.78 is 0. The van der Waals surface area contributed by atoms with E-state index in [2.05, 4.69) is 27.7 Å². The topological polar surface area (TPSA) is 20.2 Å². The van der Waals surface area contributed by atoms with Crippen molar-refractivity contribution in [3.05, 3.63) is 11.1 Å². The van der Waals surface area contributed by atoms with Crippen molar-refractivity contribution in [1.82, 2.24) is 0 Å². The van der Waals surface area contributed by atoms with E-state index in [0.717, 1.165) is 0 Å². The quantitative estimate of drug-likeness (QED) is 0.587. The molecule has 1 heteroatoms. The SMILES string of the molecule is CC1=C(C)C2CCC1C(C)(C)C2(C)O. The second-order valence-electron chi connectivity index (χ2n) is 5.92. The lowest BCUT2D eigenvalue weighted by Gasteiger charge is -2.59. The van der Waals surface area contributed by atoms with Crippen LogP contribution in [0.2, 0.25) is 0 Å². The minimum Gasteiger partial charge on any atom is -0.389 e. The molecule has 14 heavy (non-hydrogen) atoms. The Morgan fingerprint density at radius 3 is 1.93 bits per heavy atom. The molecule has 3 atom stereocenters. The van der Waals surface area contributed by atoms with Crippen LogP contribution in [-0.4, -0.2) is 10.7 Å². The molecule has 80 valence electrons. The molecular formula is C13H22O. The van der Waals surface area contributed by atoms with Gasteiger partial charge in [-0.15, -0.1) is 0 Å². The van der Waals surface area contributed by atoms with Gasteiger partial charge in [-0.2, -0.15) is 0 Å². The molecule has 0 aliphatic heterocycles. The summed E-state index contributed by atoms with van der Waals surface area (Å²) in [5.41, 5.74) is 2.52. The molecule has 3 rings (SSSR count). The average molecular weight is 194 g/mol. The van der Waals surface area contributed by atoms with Crippen molar-refractivity contribution < 1.29 is 5.11 Å². The van der Waals surface area contributed by atoms with Gasteiger partial charge in [-0.3, -0.25) is 0 Å². The number of hydrogen-bond acceptors (Lipinski definition) is 1. The Hall–Kier alpha value is -0.300. The summed E-state index contributed by atoms with van der Waals surface area (Å²) in [6, 6.07) is 0. The standard InChI is InChI=1S/C13H22O/c1-8-9(2)11-7-6-10(8)12(3,4)13(11,5)14/h10-11,14H,6-7H2,1-5H3. The zero-order valence-electron chi connectivity index (χ0n) is 10.0. The molecule has 3 aliphatic carbocycles. The molecule has 1 N–H and O–H groups in total. The largest absolute Gasteiger partial charge is 0.389 e. The second kappa shape index (κ2) is 2.63. The van der Waals surface area contributed by atoms with Crippen molar-refractivity contribution >= 4 is 0 Å². The van der Waals surface area contributed by atoms with Crippen molar-refractivity contribution in [2.24, 2.45) is 17.3 Å². The van der Waals surface area contributed by atoms with Gasteiger partial charge in [0.15, 0.2) is 0 Å². The van der Waals surface area contributed by atoms with Gasteiger partial charge in [-0.05, 0) is 39.5 Å². The number of rotatable bonds is 0. The maximum atomic E-state index is 10.6. The molecule has 3 aliphatic rings. The van der Waals surface area contributed by atoms with Crippen LogP contribution < -0.4 is 0 Å². The highest BCUT2D eigenvalue weighted by Crippen LogP contribution is 2.59. The lowest BCUT2D eigenvalue weighted by atomic mass is 9.48. The highest BCUT2D eigenvalue weighted by atomic mass is 16.3. The zero-order valence-corrected chi connectivity index (χ0v) is 10.0. The van der Waals surface area contributed by atoms with Gasteiger partial charge in [0.05, 0.1) is 5.60 Å². The first-order valence-electron chi connectivity index (χ1n) is 5.69. The van der Waals surface area contributed by atoms with E-state index in [0.29, 0.717) is 11.8 Å². The molecule has 0 saturated heterocycles. The van der Waals surface area contributed by atoms with Gasteiger partial charge < -0.3 is 5.11 Å². The van der Waals surface area contributed by atoms with Gasteiger partial charge in [-0.25, -0.2) is 0 Å². The minimum absolute atomic E-state index is 0.0412. The van der Waals surface area contributed by atoms with Crippen LogP contribution in [0.25, 0.3) is 0 Å². The first-order chi connectivity index (χ1) is 6.30. The third-order valence-corrected chi connectivity index (χ3v) is 5.27. The first-order valence-corrected chi connectivity index (χ1v) is 5.69. The van der Waals surface area contributed by atoms with Crippen molar-refractivity contribution in [1.29, 1.82) is 0 Å². The van der Waals surface area contributed by atoms with Crippen molar-refractivity contribution in [2.45, 2.75) is 53.1 Å². The Labute approximate surface area is 87.2 Å². The fourth-order valence-corrected chi connectivity index (χ4v) is 3.72. The summed E-state index contributed by atoms with van der Waals surface area (Å²) in [5.74, 6) is 0.977. The van der Waals surface area contributed by atoms with Gasteiger partial charge >= 0.3 is 0 Å². The first kappa shape index (κ1) is 10.2. The smallest absolute Gasteiger partial charge is 0.0741 e. The fraction of sp³-hybridized carbons (Fsp3) is 0.846. The predicted octanol–water partition coefficient (Wildman–Crippen LogP) is 3.14. The van der Waals surface area contributed by atoms with Gasteiger partial charge in [0.2, 0.25) is 0 Å². The van der Waals surface area contributed by atoms with Gasteiger partial charge in [-0.1, -0.05) is 25.0 Å². The molecular weight excluding hydrogens is 172 g/mol. The molecule has 1 fully saturated rings. The van der Waals surface area contributed by atoms with E-state index in [4.69, 9.17) is 0 Å². The third kappa shape index (κ3) is 0.942. The molecule has 0 aromatic carbocycles. The van der Waals surface area contributed by atoms with Gasteiger partial charge in [0.1, 0.15) is 0 Å². The van der Waals surface area contributed by atoms with E-state index < -0.39 is 5.60 Å². The van der Waals surface area contributed by atoms with Gasteiger partial charge in [0.25, 0.3) is 0 Å². The molecule has 2 bridgehead atoms. The summed E-state index contributed by atoms with van der Waals surface area (Å²) in [5, 5.41) is 10.6. The van der Waals surface area contributed by atoms with Crippen LogP contribution in [-0.2, 0) is 0 Å². The molecule has 1 nitrogen and oxygen atoms in total. The predicted molar refractivity (Wildman–Crippen MR) is 59.0 cm³/mol. The van der Waals surface area contributed by atoms with Crippen LogP contribution in [0.4, 0.5) is 0 Å². The van der Waals surface area contributed by atoms with Gasteiger partial charge in [0, 0.05) is 11.3 Å². The van der Waals surface area contributed by atoms with Crippen molar-refractivity contribution in [2.75, 3.05) is 0 Å². The lowest BCUT2D eigenvalue weighted by molar-refractivity contribution is -0.144. The highest BCUT2D eigenvalue weighted by Gasteiger charge is 2.57. The summed E-state index contributed by atoms with van der Waals surface area (Å²) >= 11 is 0. The molecule has 0 amide bonds. The molecule has 0 radical (unpaired) electrons. The van der Waals surface area contributed by atoms with E-state index in [9.17, 15) is 5.11 Å². The molecule has 0 aromatic heterocycles. The third-order valence-electron chi connectivity index (χ3n) is 5.27. The van der Waals surface area contributed by atoms with Crippen molar-refractivity contribution in [3.8, 4) is 0 Å². The Morgan fingerprint density at radius 2 is 1.43 bits per heavy atom. The molecule has 3 unspecified atom stereocenters. The Bertz CT molecular complexity index is 266. The van der Waals surface area contributed by atoms with E-state index in [-0.39, 0.29) is 5.41 Å². The number of allylic oxidation sites excluding steroid dienone is 1. The van der Waals surface area contributed by atoms with Crippen LogP contribution in [0.15, 0.2) is 11.1 Å². The summed E-state index contributed by atoms with van der Waals surface area (Å²) in [6.07, 6.45) is 2.43. The Kier molecular flexibility index (Phi) is 1.92. The fourth-order valence-electron chi connectivity index (χ4n) is 3.72. The van der Waals surface area contributed by atoms with Crippen LogP contribution >= 0.6 is 0 Å². The monoisotopic (exact) mass is 194 g/mol. The second-order valence-corrected chi connectivity index (χ2v) is 5.92. The summed E-state index contributed by atoms with van der Waals surface area (Å²) in [6.45, 7) is 10.9. The Balaban J connectivity index is 2.57. The van der Waals surface area contributed by atoms with E-state index >= 15 is 0 Å². The normalized spacial score (nSPS) is 45.9. The van der Waals surface area contributed by atoms with E-state index in [1.807, 2.05) is 6.92 Å². The van der Waals surface area contributed by atoms with Crippen molar-refractivity contribution in [3.63, 3.8) is 0 Å². The van der Waals surface area contributed by atoms with Crippen LogP contribution in [0.1, 0.15) is 47.5 Å². The number of aliphatic hydroxyl groups is 1. The van der Waals surface area contributed by atoms with Crippen LogP contribution in [0, 0.1) is 17.3 Å². The minimum atomic E-state index is -0.514. The number of hydrogen-bond donors (Lipinski definition) is 1. The molecule has 0 aromatic rings. The van der Waals surface area contributed by atoms with E-state index in [1.54, 1.807) is 0 Å². The maximum absolute atomic E-state index is 10.6. The van der Waals surface area contributed by atoms with Crippen LogP contribution in [0.5, 0.6) is 0 Å². The molecule has 0 heterocycles. The highest BCUT2D eigenvalue weighted by molar-refractivity contribution is 5.31. The summed E-state index contributed by atoms with van der Waals surface area (Å²) in [4.78, 5) is 0. The van der Waals surface area contributed by atoms with E-state index in [1.165, 1.54) is 24.0 Å². The average Bonchev–Trinajstić information content (AvgIpc) is 2.06. The Morgan fingerprint density at radius 1 is 1.00 bits per heavy atom.